The highest BCUT2D eigenvalue weighted by Gasteiger charge is 2.55. The lowest BCUT2D eigenvalue weighted by molar-refractivity contribution is -0.151. The maximum Gasteiger partial charge on any atom is 0.408 e. The lowest BCUT2D eigenvalue weighted by Crippen LogP contribution is -2.67. The molecule has 6 rings (SSSR count). The molecule has 3 heterocycles. The smallest absolute Gasteiger partial charge is 0.408 e. The second kappa shape index (κ2) is 19.5. The number of rotatable bonds is 14. The molecule has 2 aromatic rings. The Hall–Kier alpha value is -3.54. The molecule has 15 nitrogen and oxygen atoms in total. The Morgan fingerprint density at radius 1 is 1.08 bits per heavy atom. The fourth-order valence-electron chi connectivity index (χ4n) is 10.5. The molecule has 2 aliphatic carbocycles. The molecule has 0 spiro atoms. The Kier molecular flexibility index (Phi) is 15.0. The molecule has 0 radical (unpaired) electrons. The summed E-state index contributed by atoms with van der Waals surface area (Å²) in [5.74, 6) is -0.869. The summed E-state index contributed by atoms with van der Waals surface area (Å²) in [4.78, 5) is 53.4. The van der Waals surface area contributed by atoms with Gasteiger partial charge in [0.2, 0.25) is 27.8 Å². The van der Waals surface area contributed by atoms with Crippen molar-refractivity contribution in [3.05, 3.63) is 29.3 Å². The molecular formula is C44H69N7O8S2. The van der Waals surface area contributed by atoms with Gasteiger partial charge in [-0.3, -0.25) is 19.3 Å². The van der Waals surface area contributed by atoms with Gasteiger partial charge in [0.25, 0.3) is 0 Å². The van der Waals surface area contributed by atoms with Crippen LogP contribution >= 0.6 is 11.3 Å². The van der Waals surface area contributed by atoms with Gasteiger partial charge < -0.3 is 35.8 Å². The number of aromatic nitrogens is 1. The minimum Gasteiger partial charge on any atom is -0.444 e. The number of nitrogens with one attached hydrogen (secondary N) is 3. The molecule has 2 saturated heterocycles. The Morgan fingerprint density at radius 2 is 1.80 bits per heavy atom. The maximum absolute atomic E-state index is 14.9. The van der Waals surface area contributed by atoms with Crippen LogP contribution in [-0.4, -0.2) is 102 Å². The zero-order valence-corrected chi connectivity index (χ0v) is 38.7. The third-order valence-electron chi connectivity index (χ3n) is 13.7. The second-order valence-corrected chi connectivity index (χ2v) is 22.1. The second-order valence-electron chi connectivity index (χ2n) is 19.2. The summed E-state index contributed by atoms with van der Waals surface area (Å²) < 4.78 is 41.9. The van der Waals surface area contributed by atoms with Gasteiger partial charge in [0.15, 0.2) is 0 Å². The molecule has 340 valence electrons. The van der Waals surface area contributed by atoms with E-state index in [0.717, 1.165) is 42.3 Å². The fraction of sp³-hybridized carbons (Fsp3) is 0.750. The predicted molar refractivity (Wildman–Crippen MR) is 237 cm³/mol. The zero-order valence-electron chi connectivity index (χ0n) is 37.0. The van der Waals surface area contributed by atoms with E-state index in [1.54, 1.807) is 32.8 Å². The van der Waals surface area contributed by atoms with E-state index in [2.05, 4.69) is 25.3 Å². The maximum atomic E-state index is 14.9. The molecule has 3 amide bonds. The van der Waals surface area contributed by atoms with Gasteiger partial charge in [0.05, 0.1) is 27.6 Å². The van der Waals surface area contributed by atoms with E-state index in [4.69, 9.17) is 15.2 Å². The summed E-state index contributed by atoms with van der Waals surface area (Å²) in [5, 5.41) is 17.8. The van der Waals surface area contributed by atoms with Crippen molar-refractivity contribution in [3.63, 3.8) is 0 Å². The first-order valence-electron chi connectivity index (χ1n) is 22.3. The topological polar surface area (TPSA) is 215 Å². The van der Waals surface area contributed by atoms with E-state index in [1.165, 1.54) is 11.3 Å². The normalized spacial score (nSPS) is 30.1. The van der Waals surface area contributed by atoms with Gasteiger partial charge in [0, 0.05) is 19.7 Å². The number of methoxy groups -OCH3 is 1. The Labute approximate surface area is 365 Å². The van der Waals surface area contributed by atoms with Crippen LogP contribution < -0.4 is 21.1 Å². The van der Waals surface area contributed by atoms with E-state index in [-0.39, 0.29) is 66.6 Å². The van der Waals surface area contributed by atoms with Gasteiger partial charge in [-0.25, -0.2) is 18.2 Å². The largest absolute Gasteiger partial charge is 0.444 e. The van der Waals surface area contributed by atoms with E-state index in [9.17, 15) is 27.9 Å². The van der Waals surface area contributed by atoms with Gasteiger partial charge in [0.1, 0.15) is 28.3 Å². The number of carbonyl (C=O) groups is 3. The summed E-state index contributed by atoms with van der Waals surface area (Å²) in [6.45, 7) is 11.3. The lowest BCUT2D eigenvalue weighted by Gasteiger charge is -2.47. The summed E-state index contributed by atoms with van der Waals surface area (Å²) in [5.41, 5.74) is 4.96. The zero-order chi connectivity index (χ0) is 44.3. The molecule has 0 bridgehead atoms. The number of benzene rings is 1. The number of nitrogens with zero attached hydrogens (tertiary/aromatic N) is 3. The highest BCUT2D eigenvalue weighted by Crippen LogP contribution is 2.43. The highest BCUT2D eigenvalue weighted by molar-refractivity contribution is 7.90. The molecule has 1 aromatic carbocycles. The fourth-order valence-corrected chi connectivity index (χ4v) is 13.6. The van der Waals surface area contributed by atoms with E-state index in [1.807, 2.05) is 45.0 Å². The number of thiazole rings is 1. The van der Waals surface area contributed by atoms with Crippen LogP contribution in [0.5, 0.6) is 0 Å². The van der Waals surface area contributed by atoms with Gasteiger partial charge >= 0.3 is 6.09 Å². The van der Waals surface area contributed by atoms with Gasteiger partial charge in [-0.1, -0.05) is 65.0 Å². The monoisotopic (exact) mass is 887 g/mol. The Morgan fingerprint density at radius 3 is 2.49 bits per heavy atom. The highest BCUT2D eigenvalue weighted by atomic mass is 32.2. The van der Waals surface area contributed by atoms with Crippen molar-refractivity contribution < 1.29 is 37.4 Å². The van der Waals surface area contributed by atoms with E-state index >= 15 is 0 Å². The third kappa shape index (κ3) is 11.0. The molecule has 4 aliphatic rings. The van der Waals surface area contributed by atoms with Crippen molar-refractivity contribution in [2.24, 2.45) is 34.4 Å². The van der Waals surface area contributed by atoms with Crippen molar-refractivity contribution in [2.45, 2.75) is 172 Å². The van der Waals surface area contributed by atoms with Crippen molar-refractivity contribution >= 4 is 55.4 Å². The number of ether oxygens (including phenoxy) is 2. The molecule has 10 atom stereocenters. The first-order valence-corrected chi connectivity index (χ1v) is 24.7. The number of piperidine rings is 1. The van der Waals surface area contributed by atoms with Crippen LogP contribution in [0.2, 0.25) is 0 Å². The lowest BCUT2D eigenvalue weighted by atomic mass is 9.74. The first kappa shape index (κ1) is 47.0. The number of fused-ring (bicyclic) bond motifs is 2. The number of aliphatic imine (C=N–C) groups is 1. The molecule has 6 N–H and O–H groups in total. The number of aliphatic hydroxyl groups excluding tert-OH is 1. The van der Waals surface area contributed by atoms with Crippen molar-refractivity contribution in [1.29, 1.82) is 0 Å². The van der Waals surface area contributed by atoms with E-state index in [0.29, 0.717) is 50.0 Å². The summed E-state index contributed by atoms with van der Waals surface area (Å²) in [6, 6.07) is 5.80. The quantitative estimate of drug-likeness (QED) is 0.0859. The molecule has 61 heavy (non-hydrogen) atoms. The van der Waals surface area contributed by atoms with Crippen LogP contribution in [0.25, 0.3) is 10.2 Å². The minimum atomic E-state index is -3.86. The molecule has 2 saturated carbocycles. The Balaban J connectivity index is 1.18. The van der Waals surface area contributed by atoms with Crippen LogP contribution in [0, 0.1) is 23.7 Å². The minimum absolute atomic E-state index is 0.0228. The van der Waals surface area contributed by atoms with Crippen molar-refractivity contribution in [1.82, 2.24) is 25.2 Å². The number of sulfonamides is 1. The van der Waals surface area contributed by atoms with Crippen LogP contribution in [0.3, 0.4) is 0 Å². The summed E-state index contributed by atoms with van der Waals surface area (Å²) in [6.07, 6.45) is 7.38. The summed E-state index contributed by atoms with van der Waals surface area (Å²) in [7, 11) is -2.21. The molecule has 17 heteroatoms. The summed E-state index contributed by atoms with van der Waals surface area (Å²) >= 11 is 1.34. The number of alkyl carbamates (subject to hydrolysis) is 1. The standard InChI is InChI=1S/C44H69N7O8S2/c1-26-24-34(58-7)27(2)28(3)37(26)61(56,57)50-41(45)46-23-13-17-32(36(52)39-48-31-16-11-12-18-35(31)60-39)47-38(53)33-20-19-30-21-22-44(40(54)51(30)33,25-29-14-9-8-10-15-29)49-42(55)59-43(4,5)6/h11-12,16,18,26-30,32-34,36-37,52H,8-10,13-15,17,19-25H2,1-7H3,(H,47,53)(H,49,55)(H3,45,46,50)/t26?,27?,28?,30?,32?,33-,34?,36?,37?,44-/m0/s1. The van der Waals surface area contributed by atoms with E-state index < -0.39 is 50.7 Å². The number of aliphatic hydroxyl groups is 1. The molecule has 4 fully saturated rings. The first-order chi connectivity index (χ1) is 28.8. The third-order valence-corrected chi connectivity index (χ3v) is 16.9. The number of amides is 3. The number of nitrogens with two attached hydrogens (primary N) is 1. The number of guanidine groups is 1. The molecule has 1 aromatic heterocycles. The number of hydrogen-bond donors (Lipinski definition) is 5. The number of carbonyl (C=O) groups excluding carboxylic acids is 3. The van der Waals surface area contributed by atoms with Crippen LogP contribution in [0.15, 0.2) is 29.3 Å². The van der Waals surface area contributed by atoms with Crippen LogP contribution in [0.4, 0.5) is 4.79 Å². The molecule has 8 unspecified atom stereocenters. The van der Waals surface area contributed by atoms with Crippen LogP contribution in [-0.2, 0) is 29.1 Å². The van der Waals surface area contributed by atoms with Crippen molar-refractivity contribution in [3.8, 4) is 0 Å². The molecule has 2 aliphatic heterocycles. The average molecular weight is 888 g/mol. The van der Waals surface area contributed by atoms with Gasteiger partial charge in [-0.05, 0) is 108 Å². The Bertz CT molecular complexity index is 1970. The number of para-hydroxylation sites is 1. The van der Waals surface area contributed by atoms with Gasteiger partial charge in [-0.2, -0.15) is 0 Å². The predicted octanol–water partition coefficient (Wildman–Crippen LogP) is 5.91. The number of hydrogen-bond acceptors (Lipinski definition) is 11. The van der Waals surface area contributed by atoms with Crippen molar-refractivity contribution in [2.75, 3.05) is 13.7 Å². The average Bonchev–Trinajstić information content (AvgIpc) is 3.83. The SMILES string of the molecule is COC1CC(C)C(S(=O)(=O)NC(N)=NCCCC(NC(=O)[C@@H]2CCC3CC[C@@](CC4CCCCC4)(NC(=O)OC(C)(C)C)C(=O)N32)C(O)c2nc3ccccc3s2)C(C)C1C. The van der Waals surface area contributed by atoms with Crippen LogP contribution in [0.1, 0.15) is 136 Å². The molecular weight excluding hydrogens is 819 g/mol. The van der Waals surface area contributed by atoms with Gasteiger partial charge in [-0.15, -0.1) is 11.3 Å².